The molecule has 0 spiro atoms. The molecule has 0 heterocycles. The normalized spacial score (nSPS) is 12.7. The molecule has 1 atom stereocenters. The Hall–Kier alpha value is -1.48. The summed E-state index contributed by atoms with van der Waals surface area (Å²) in [5.74, 6) is 1.52. The van der Waals surface area contributed by atoms with Crippen LogP contribution in [0.25, 0.3) is 0 Å². The Morgan fingerprint density at radius 1 is 1.35 bits per heavy atom. The number of rotatable bonds is 6. The van der Waals surface area contributed by atoms with Crippen LogP contribution in [0.5, 0.6) is 11.5 Å². The summed E-state index contributed by atoms with van der Waals surface area (Å²) in [6.45, 7) is 4.51. The molecule has 0 saturated heterocycles. The first-order valence-corrected chi connectivity index (χ1v) is 5.83. The summed E-state index contributed by atoms with van der Waals surface area (Å²) in [5.41, 5.74) is 6.93. The highest BCUT2D eigenvalue weighted by Crippen LogP contribution is 2.28. The lowest BCUT2D eigenvalue weighted by Crippen LogP contribution is -2.17. The van der Waals surface area contributed by atoms with Gasteiger partial charge < -0.3 is 15.2 Å². The molecule has 0 fully saturated rings. The predicted octanol–water partition coefficient (Wildman–Crippen LogP) is 2.54. The number of allylic oxidation sites excluding steroid dienone is 1. The van der Waals surface area contributed by atoms with Gasteiger partial charge in [0.05, 0.1) is 7.11 Å². The lowest BCUT2D eigenvalue weighted by atomic mass is 10.1. The number of benzene rings is 1. The largest absolute Gasteiger partial charge is 0.493 e. The summed E-state index contributed by atoms with van der Waals surface area (Å²) >= 11 is 0. The maximum Gasteiger partial charge on any atom is 0.161 e. The van der Waals surface area contributed by atoms with Gasteiger partial charge in [0, 0.05) is 6.04 Å². The second kappa shape index (κ2) is 6.97. The molecule has 0 bridgehead atoms. The van der Waals surface area contributed by atoms with E-state index in [1.165, 1.54) is 0 Å². The summed E-state index contributed by atoms with van der Waals surface area (Å²) in [4.78, 5) is 0. The number of methoxy groups -OCH3 is 1. The Morgan fingerprint density at radius 3 is 2.71 bits per heavy atom. The second-order valence-electron chi connectivity index (χ2n) is 4.05. The molecule has 0 amide bonds. The van der Waals surface area contributed by atoms with Gasteiger partial charge in [0.1, 0.15) is 6.61 Å². The van der Waals surface area contributed by atoms with Gasteiger partial charge in [0.25, 0.3) is 0 Å². The minimum Gasteiger partial charge on any atom is -0.493 e. The molecule has 0 aliphatic carbocycles. The van der Waals surface area contributed by atoms with Crippen LogP contribution >= 0.6 is 0 Å². The van der Waals surface area contributed by atoms with Crippen LogP contribution in [-0.4, -0.2) is 19.8 Å². The maximum absolute atomic E-state index is 5.77. The third kappa shape index (κ3) is 4.49. The first-order valence-electron chi connectivity index (χ1n) is 5.83. The number of hydrogen-bond donors (Lipinski definition) is 1. The summed E-state index contributed by atoms with van der Waals surface area (Å²) in [6.07, 6.45) is 4.75. The molecule has 3 nitrogen and oxygen atoms in total. The van der Waals surface area contributed by atoms with Crippen molar-refractivity contribution in [2.75, 3.05) is 13.7 Å². The quantitative estimate of drug-likeness (QED) is 0.771. The van der Waals surface area contributed by atoms with Crippen LogP contribution in [0.3, 0.4) is 0 Å². The van der Waals surface area contributed by atoms with Crippen molar-refractivity contribution in [3.8, 4) is 11.5 Å². The molecule has 0 aliphatic heterocycles. The fourth-order valence-electron chi connectivity index (χ4n) is 1.56. The standard InChI is InChI=1S/C14H21NO2/c1-4-5-8-17-13-7-6-12(9-11(2)15)10-14(13)16-3/h4-7,10-11H,8-9,15H2,1-3H3/b5-4+. The van der Waals surface area contributed by atoms with Crippen molar-refractivity contribution in [3.05, 3.63) is 35.9 Å². The zero-order valence-corrected chi connectivity index (χ0v) is 10.8. The first kappa shape index (κ1) is 13.6. The Bertz CT molecular complexity index is 372. The molecule has 94 valence electrons. The van der Waals surface area contributed by atoms with Gasteiger partial charge >= 0.3 is 0 Å². The van der Waals surface area contributed by atoms with Crippen molar-refractivity contribution in [2.45, 2.75) is 26.3 Å². The van der Waals surface area contributed by atoms with Gasteiger partial charge in [0.2, 0.25) is 0 Å². The molecule has 1 unspecified atom stereocenters. The lowest BCUT2D eigenvalue weighted by Gasteiger charge is -2.12. The molecule has 1 aromatic rings. The van der Waals surface area contributed by atoms with E-state index >= 15 is 0 Å². The van der Waals surface area contributed by atoms with Crippen LogP contribution < -0.4 is 15.2 Å². The van der Waals surface area contributed by atoms with Crippen LogP contribution in [0, 0.1) is 0 Å². The number of ether oxygens (including phenoxy) is 2. The average molecular weight is 235 g/mol. The van der Waals surface area contributed by atoms with E-state index < -0.39 is 0 Å². The molecule has 1 aromatic carbocycles. The second-order valence-corrected chi connectivity index (χ2v) is 4.05. The zero-order chi connectivity index (χ0) is 12.7. The van der Waals surface area contributed by atoms with E-state index in [9.17, 15) is 0 Å². The van der Waals surface area contributed by atoms with Crippen molar-refractivity contribution in [2.24, 2.45) is 5.73 Å². The minimum atomic E-state index is 0.148. The molecule has 0 aromatic heterocycles. The van der Waals surface area contributed by atoms with Crippen molar-refractivity contribution < 1.29 is 9.47 Å². The molecule has 1 rings (SSSR count). The van der Waals surface area contributed by atoms with E-state index in [0.29, 0.717) is 6.61 Å². The van der Waals surface area contributed by atoms with Gasteiger partial charge in [-0.25, -0.2) is 0 Å². The van der Waals surface area contributed by atoms with E-state index in [4.69, 9.17) is 15.2 Å². The molecule has 0 radical (unpaired) electrons. The SMILES string of the molecule is C/C=C/COc1ccc(CC(C)N)cc1OC. The minimum absolute atomic E-state index is 0.148. The summed E-state index contributed by atoms with van der Waals surface area (Å²) in [5, 5.41) is 0. The van der Waals surface area contributed by atoms with Crippen molar-refractivity contribution in [3.63, 3.8) is 0 Å². The van der Waals surface area contributed by atoms with Crippen molar-refractivity contribution in [1.29, 1.82) is 0 Å². The van der Waals surface area contributed by atoms with Gasteiger partial charge in [-0.2, -0.15) is 0 Å². The van der Waals surface area contributed by atoms with E-state index in [-0.39, 0.29) is 6.04 Å². The average Bonchev–Trinajstić information content (AvgIpc) is 2.30. The Balaban J connectivity index is 2.77. The fourth-order valence-corrected chi connectivity index (χ4v) is 1.56. The molecular formula is C14H21NO2. The van der Waals surface area contributed by atoms with Crippen LogP contribution in [0.2, 0.25) is 0 Å². The van der Waals surface area contributed by atoms with Crippen molar-refractivity contribution >= 4 is 0 Å². The molecule has 0 saturated carbocycles. The van der Waals surface area contributed by atoms with E-state index in [0.717, 1.165) is 23.5 Å². The molecule has 2 N–H and O–H groups in total. The topological polar surface area (TPSA) is 44.5 Å². The summed E-state index contributed by atoms with van der Waals surface area (Å²) in [6, 6.07) is 6.08. The van der Waals surface area contributed by atoms with Crippen molar-refractivity contribution in [1.82, 2.24) is 0 Å². The summed E-state index contributed by atoms with van der Waals surface area (Å²) < 4.78 is 10.9. The van der Waals surface area contributed by atoms with E-state index in [2.05, 4.69) is 0 Å². The van der Waals surface area contributed by atoms with Gasteiger partial charge in [0.15, 0.2) is 11.5 Å². The Kier molecular flexibility index (Phi) is 5.57. The monoisotopic (exact) mass is 235 g/mol. The van der Waals surface area contributed by atoms with Crippen LogP contribution in [0.15, 0.2) is 30.4 Å². The number of hydrogen-bond acceptors (Lipinski definition) is 3. The van der Waals surface area contributed by atoms with Crippen LogP contribution in [0.4, 0.5) is 0 Å². The Morgan fingerprint density at radius 2 is 2.12 bits per heavy atom. The van der Waals surface area contributed by atoms with Gasteiger partial charge in [-0.05, 0) is 38.0 Å². The smallest absolute Gasteiger partial charge is 0.161 e. The highest BCUT2D eigenvalue weighted by molar-refractivity contribution is 5.43. The lowest BCUT2D eigenvalue weighted by molar-refractivity contribution is 0.326. The van der Waals surface area contributed by atoms with E-state index in [1.807, 2.05) is 44.2 Å². The molecule has 0 aliphatic rings. The molecule has 17 heavy (non-hydrogen) atoms. The van der Waals surface area contributed by atoms with E-state index in [1.54, 1.807) is 7.11 Å². The highest BCUT2D eigenvalue weighted by atomic mass is 16.5. The van der Waals surface area contributed by atoms with Gasteiger partial charge in [-0.1, -0.05) is 18.2 Å². The molecular weight excluding hydrogens is 214 g/mol. The fraction of sp³-hybridized carbons (Fsp3) is 0.429. The highest BCUT2D eigenvalue weighted by Gasteiger charge is 2.06. The van der Waals surface area contributed by atoms with Crippen LogP contribution in [0.1, 0.15) is 19.4 Å². The van der Waals surface area contributed by atoms with Gasteiger partial charge in [-0.3, -0.25) is 0 Å². The van der Waals surface area contributed by atoms with Gasteiger partial charge in [-0.15, -0.1) is 0 Å². The predicted molar refractivity (Wildman–Crippen MR) is 70.7 cm³/mol. The summed E-state index contributed by atoms with van der Waals surface area (Å²) in [7, 11) is 1.65. The number of nitrogens with two attached hydrogens (primary N) is 1. The third-order valence-corrected chi connectivity index (χ3v) is 2.36. The maximum atomic E-state index is 5.77. The van der Waals surface area contributed by atoms with Crippen LogP contribution in [-0.2, 0) is 6.42 Å². The Labute approximate surface area is 103 Å². The zero-order valence-electron chi connectivity index (χ0n) is 10.8. The first-order chi connectivity index (χ1) is 8.17. The molecule has 3 heteroatoms. The third-order valence-electron chi connectivity index (χ3n) is 2.36.